The van der Waals surface area contributed by atoms with Crippen LogP contribution in [0.4, 0.5) is 0 Å². The molecule has 16 nitrogen and oxygen atoms in total. The molecule has 0 amide bonds. The fourth-order valence-electron chi connectivity index (χ4n) is 5.37. The molecule has 1 aromatic heterocycles. The van der Waals surface area contributed by atoms with Gasteiger partial charge in [0.05, 0.1) is 12.2 Å². The Bertz CT molecular complexity index is 1590. The lowest BCUT2D eigenvalue weighted by Gasteiger charge is -2.46. The van der Waals surface area contributed by atoms with Crippen molar-refractivity contribution < 1.29 is 74.1 Å². The summed E-state index contributed by atoms with van der Waals surface area (Å²) in [7, 11) is 0. The second kappa shape index (κ2) is 12.9. The van der Waals surface area contributed by atoms with E-state index in [-0.39, 0.29) is 17.1 Å². The molecule has 2 aliphatic rings. The van der Waals surface area contributed by atoms with Gasteiger partial charge in [0.15, 0.2) is 17.3 Å². The molecule has 244 valence electrons. The van der Waals surface area contributed by atoms with Gasteiger partial charge in [-0.2, -0.15) is 0 Å². The zero-order valence-corrected chi connectivity index (χ0v) is 23.5. The third-order valence-corrected chi connectivity index (χ3v) is 7.71. The van der Waals surface area contributed by atoms with E-state index >= 15 is 0 Å². The van der Waals surface area contributed by atoms with Crippen LogP contribution in [-0.2, 0) is 23.7 Å². The van der Waals surface area contributed by atoms with Gasteiger partial charge >= 0.3 is 5.97 Å². The summed E-state index contributed by atoms with van der Waals surface area (Å²) in [5.74, 6) is -2.28. The highest BCUT2D eigenvalue weighted by molar-refractivity contribution is 5.89. The number of fused-ring (bicyclic) bond motifs is 1. The summed E-state index contributed by atoms with van der Waals surface area (Å²) in [6.07, 6.45) is -17.5. The highest BCUT2D eigenvalue weighted by Crippen LogP contribution is 2.44. The van der Waals surface area contributed by atoms with Crippen molar-refractivity contribution in [2.24, 2.45) is 0 Å². The van der Waals surface area contributed by atoms with E-state index in [4.69, 9.17) is 23.4 Å². The van der Waals surface area contributed by atoms with E-state index in [9.17, 15) is 55.5 Å². The van der Waals surface area contributed by atoms with Crippen molar-refractivity contribution in [3.8, 4) is 28.6 Å². The molecule has 45 heavy (non-hydrogen) atoms. The van der Waals surface area contributed by atoms with E-state index in [1.807, 2.05) is 0 Å². The molecular formula is C29H32O16. The Kier molecular flexibility index (Phi) is 9.31. The molecule has 2 aliphatic heterocycles. The molecule has 0 saturated carbocycles. The first kappa shape index (κ1) is 32.6. The van der Waals surface area contributed by atoms with E-state index in [2.05, 4.69) is 0 Å². The number of rotatable bonds is 7. The summed E-state index contributed by atoms with van der Waals surface area (Å²) in [4.78, 5) is 24.8. The predicted octanol–water partition coefficient (Wildman–Crippen LogP) is -1.51. The summed E-state index contributed by atoms with van der Waals surface area (Å²) in [6.45, 7) is -0.312. The van der Waals surface area contributed by atoms with Gasteiger partial charge in [-0.25, -0.2) is 0 Å². The van der Waals surface area contributed by atoms with Crippen LogP contribution >= 0.6 is 0 Å². The Labute approximate surface area is 253 Å². The number of carbonyl (C=O) groups excluding carboxylic acids is 1. The van der Waals surface area contributed by atoms with Gasteiger partial charge in [-0.05, 0) is 24.3 Å². The summed E-state index contributed by atoms with van der Waals surface area (Å²) in [5.41, 5.74) is -1.25. The molecule has 3 heterocycles. The largest absolute Gasteiger partial charge is 0.508 e. The molecule has 5 rings (SSSR count). The van der Waals surface area contributed by atoms with Crippen LogP contribution in [0.1, 0.15) is 18.6 Å². The number of aliphatic hydroxyl groups excluding tert-OH is 6. The van der Waals surface area contributed by atoms with E-state index in [1.54, 1.807) is 0 Å². The zero-order chi connectivity index (χ0) is 32.7. The number of aromatic hydroxyl groups is 3. The molecule has 2 fully saturated rings. The summed E-state index contributed by atoms with van der Waals surface area (Å²) in [6, 6.07) is 7.40. The average molecular weight is 637 g/mol. The molecule has 16 heteroatoms. The number of phenolic OH excluding ortho intramolecular Hbond substituents is 3. The van der Waals surface area contributed by atoms with Crippen LogP contribution in [0.15, 0.2) is 45.6 Å². The van der Waals surface area contributed by atoms with Crippen LogP contribution in [0, 0.1) is 0 Å². The van der Waals surface area contributed by atoms with Crippen LogP contribution in [0.2, 0.25) is 0 Å². The number of esters is 1. The molecule has 10 atom stereocenters. The highest BCUT2D eigenvalue weighted by atomic mass is 16.7. The predicted molar refractivity (Wildman–Crippen MR) is 148 cm³/mol. The van der Waals surface area contributed by atoms with E-state index in [0.29, 0.717) is 5.56 Å². The summed E-state index contributed by atoms with van der Waals surface area (Å²) < 4.78 is 27.9. The zero-order valence-electron chi connectivity index (χ0n) is 23.5. The van der Waals surface area contributed by atoms with Crippen molar-refractivity contribution in [3.05, 3.63) is 52.2 Å². The standard InChI is InChI=1S/C29H32O16/c1-10(31)41-9-18-22(37)28(45-29-24(39)23(38)21(36)17(8-30)44-29)25(40)27(43-18)20-14(34)6-13(33)19-15(35)7-16(42-26(19)20)11-2-4-12(32)5-3-11/h2-7,17-18,21-25,27-30,32-34,36-40H,8-9H2,1H3/t17-,18-,21-,22-,23+,24-,25+,27+,28+,29+/m1/s1. The van der Waals surface area contributed by atoms with Crippen molar-refractivity contribution >= 4 is 16.9 Å². The van der Waals surface area contributed by atoms with Crippen molar-refractivity contribution in [1.29, 1.82) is 0 Å². The van der Waals surface area contributed by atoms with E-state index in [0.717, 1.165) is 19.1 Å². The second-order valence-corrected chi connectivity index (χ2v) is 10.7. The fraction of sp³-hybridized carbons (Fsp3) is 0.448. The second-order valence-electron chi connectivity index (χ2n) is 10.7. The van der Waals surface area contributed by atoms with Gasteiger partial charge in [0.25, 0.3) is 0 Å². The van der Waals surface area contributed by atoms with Gasteiger partial charge in [0, 0.05) is 24.6 Å². The smallest absolute Gasteiger partial charge is 0.302 e. The van der Waals surface area contributed by atoms with Crippen LogP contribution in [0.25, 0.3) is 22.3 Å². The third-order valence-electron chi connectivity index (χ3n) is 7.71. The maximum absolute atomic E-state index is 13.2. The van der Waals surface area contributed by atoms with Crippen LogP contribution in [-0.4, -0.2) is 120 Å². The van der Waals surface area contributed by atoms with E-state index in [1.165, 1.54) is 24.3 Å². The Morgan fingerprint density at radius 1 is 0.844 bits per heavy atom. The molecule has 0 unspecified atom stereocenters. The number of hydrogen-bond donors (Lipinski definition) is 9. The van der Waals surface area contributed by atoms with Gasteiger partial charge in [0.1, 0.15) is 89.9 Å². The van der Waals surface area contributed by atoms with Crippen LogP contribution in [0.5, 0.6) is 17.2 Å². The number of hydrogen-bond acceptors (Lipinski definition) is 16. The first-order valence-corrected chi connectivity index (χ1v) is 13.7. The van der Waals surface area contributed by atoms with Crippen LogP contribution < -0.4 is 5.43 Å². The molecule has 0 spiro atoms. The number of benzene rings is 2. The van der Waals surface area contributed by atoms with Gasteiger partial charge in [-0.3, -0.25) is 9.59 Å². The normalized spacial score (nSPS) is 32.0. The molecular weight excluding hydrogens is 604 g/mol. The Hall–Kier alpha value is -3.84. The Morgan fingerprint density at radius 2 is 1.53 bits per heavy atom. The minimum absolute atomic E-state index is 0.0605. The Morgan fingerprint density at radius 3 is 2.18 bits per heavy atom. The fourth-order valence-corrected chi connectivity index (χ4v) is 5.37. The van der Waals surface area contributed by atoms with Gasteiger partial charge < -0.3 is 69.3 Å². The minimum Gasteiger partial charge on any atom is -0.508 e. The molecule has 2 saturated heterocycles. The van der Waals surface area contributed by atoms with Crippen molar-refractivity contribution in [2.75, 3.05) is 13.2 Å². The molecule has 0 aliphatic carbocycles. The third kappa shape index (κ3) is 6.19. The number of phenols is 3. The number of ether oxygens (including phenoxy) is 4. The van der Waals surface area contributed by atoms with Crippen molar-refractivity contribution in [1.82, 2.24) is 0 Å². The maximum atomic E-state index is 13.2. The topological polar surface area (TPSA) is 266 Å². The maximum Gasteiger partial charge on any atom is 0.302 e. The quantitative estimate of drug-likeness (QED) is 0.133. The number of aliphatic hydroxyl groups is 6. The van der Waals surface area contributed by atoms with E-state index < -0.39 is 108 Å². The first-order chi connectivity index (χ1) is 21.3. The van der Waals surface area contributed by atoms with Gasteiger partial charge in [0.2, 0.25) is 0 Å². The molecule has 0 radical (unpaired) electrons. The minimum atomic E-state index is -1.97. The highest BCUT2D eigenvalue weighted by Gasteiger charge is 2.52. The lowest BCUT2D eigenvalue weighted by Crippen LogP contribution is -2.63. The number of carbonyl (C=O) groups is 1. The molecule has 9 N–H and O–H groups in total. The first-order valence-electron chi connectivity index (χ1n) is 13.7. The van der Waals surface area contributed by atoms with Crippen molar-refractivity contribution in [3.63, 3.8) is 0 Å². The monoisotopic (exact) mass is 636 g/mol. The lowest BCUT2D eigenvalue weighted by atomic mass is 9.89. The molecule has 0 bridgehead atoms. The SMILES string of the molecule is CC(=O)OC[C@H]1O[C@@H](c2c(O)cc(O)c3c(=O)cc(-c4ccc(O)cc4)oc23)[C@H](O)[C@@H](O[C@@H]2O[C@H](CO)[C@@H](O)[C@H](O)[C@H]2O)[C@@H]1O. The average Bonchev–Trinajstić information content (AvgIpc) is 2.99. The Balaban J connectivity index is 1.61. The van der Waals surface area contributed by atoms with Gasteiger partial charge in [-0.1, -0.05) is 0 Å². The lowest BCUT2D eigenvalue weighted by molar-refractivity contribution is -0.342. The van der Waals surface area contributed by atoms with Crippen LogP contribution in [0.3, 0.4) is 0 Å². The molecule has 2 aromatic carbocycles. The van der Waals surface area contributed by atoms with Gasteiger partial charge in [-0.15, -0.1) is 0 Å². The molecule has 3 aromatic rings. The summed E-state index contributed by atoms with van der Waals surface area (Å²) >= 11 is 0. The summed E-state index contributed by atoms with van der Waals surface area (Å²) in [5, 5.41) is 93.8. The van der Waals surface area contributed by atoms with Crippen molar-refractivity contribution in [2.45, 2.75) is 68.1 Å².